The maximum Gasteiger partial charge on any atom is 0.124 e. The van der Waals surface area contributed by atoms with Crippen molar-refractivity contribution < 1.29 is 4.74 Å². The van der Waals surface area contributed by atoms with Crippen molar-refractivity contribution in [3.05, 3.63) is 41.5 Å². The highest BCUT2D eigenvalue weighted by Gasteiger charge is 2.12. The summed E-state index contributed by atoms with van der Waals surface area (Å²) >= 11 is 0. The molecular weight excluding hydrogens is 210 g/mol. The minimum atomic E-state index is 0.229. The smallest absolute Gasteiger partial charge is 0.124 e. The largest absolute Gasteiger partial charge is 0.494 e. The van der Waals surface area contributed by atoms with Gasteiger partial charge in [0, 0.05) is 5.56 Å². The van der Waals surface area contributed by atoms with Crippen molar-refractivity contribution in [2.24, 2.45) is 0 Å². The van der Waals surface area contributed by atoms with Gasteiger partial charge in [-0.05, 0) is 33.4 Å². The fraction of sp³-hybridized carbons (Fsp3) is 0.467. The molecule has 94 valence electrons. The number of nitrogens with one attached hydrogen (secondary N) is 1. The molecule has 0 fully saturated rings. The predicted octanol–water partition coefficient (Wildman–Crippen LogP) is 3.70. The molecule has 1 unspecified atom stereocenters. The van der Waals surface area contributed by atoms with Crippen LogP contribution >= 0.6 is 0 Å². The fourth-order valence-electron chi connectivity index (χ4n) is 1.84. The highest BCUT2D eigenvalue weighted by Crippen LogP contribution is 2.26. The van der Waals surface area contributed by atoms with E-state index >= 15 is 0 Å². The molecule has 0 radical (unpaired) electrons. The summed E-state index contributed by atoms with van der Waals surface area (Å²) in [6.45, 7) is 10.0. The van der Waals surface area contributed by atoms with Gasteiger partial charge < -0.3 is 10.1 Å². The molecule has 0 amide bonds. The van der Waals surface area contributed by atoms with Crippen molar-refractivity contribution in [3.8, 4) is 5.75 Å². The van der Waals surface area contributed by atoms with Crippen LogP contribution in [0.1, 0.15) is 39.3 Å². The summed E-state index contributed by atoms with van der Waals surface area (Å²) < 4.78 is 5.68. The van der Waals surface area contributed by atoms with Gasteiger partial charge in [-0.25, -0.2) is 0 Å². The third kappa shape index (κ3) is 4.23. The zero-order valence-corrected chi connectivity index (χ0v) is 11.3. The van der Waals surface area contributed by atoms with Crippen molar-refractivity contribution in [2.75, 3.05) is 13.2 Å². The lowest BCUT2D eigenvalue weighted by Crippen LogP contribution is -2.20. The van der Waals surface area contributed by atoms with E-state index in [4.69, 9.17) is 4.74 Å². The van der Waals surface area contributed by atoms with Gasteiger partial charge >= 0.3 is 0 Å². The molecule has 0 aliphatic carbocycles. The van der Waals surface area contributed by atoms with Gasteiger partial charge in [0.25, 0.3) is 0 Å². The van der Waals surface area contributed by atoms with E-state index in [2.05, 4.69) is 44.3 Å². The van der Waals surface area contributed by atoms with Crippen LogP contribution in [0.2, 0.25) is 0 Å². The Morgan fingerprint density at radius 1 is 1.29 bits per heavy atom. The third-order valence-corrected chi connectivity index (χ3v) is 2.48. The van der Waals surface area contributed by atoms with E-state index in [-0.39, 0.29) is 6.04 Å². The van der Waals surface area contributed by atoms with Gasteiger partial charge in [-0.3, -0.25) is 0 Å². The van der Waals surface area contributed by atoms with Crippen molar-refractivity contribution in [1.82, 2.24) is 5.32 Å². The van der Waals surface area contributed by atoms with Gasteiger partial charge in [0.1, 0.15) is 5.75 Å². The zero-order valence-electron chi connectivity index (χ0n) is 11.3. The molecule has 2 heteroatoms. The molecule has 0 spiro atoms. The first-order chi connectivity index (χ1) is 8.19. The normalized spacial score (nSPS) is 12.0. The number of hydrogen-bond acceptors (Lipinski definition) is 2. The van der Waals surface area contributed by atoms with Crippen molar-refractivity contribution in [1.29, 1.82) is 0 Å². The average Bonchev–Trinajstić information content (AvgIpc) is 2.29. The monoisotopic (exact) mass is 233 g/mol. The lowest BCUT2D eigenvalue weighted by Gasteiger charge is -2.18. The highest BCUT2D eigenvalue weighted by molar-refractivity contribution is 5.38. The van der Waals surface area contributed by atoms with Crippen LogP contribution in [0.25, 0.3) is 0 Å². The number of benzene rings is 1. The molecule has 0 aliphatic rings. The summed E-state index contributed by atoms with van der Waals surface area (Å²) in [6, 6.07) is 8.45. The topological polar surface area (TPSA) is 21.3 Å². The molecule has 1 rings (SSSR count). The summed E-state index contributed by atoms with van der Waals surface area (Å²) in [5, 5.41) is 3.47. The lowest BCUT2D eigenvalue weighted by atomic mass is 10.0. The lowest BCUT2D eigenvalue weighted by molar-refractivity contribution is 0.334. The second-order valence-electron chi connectivity index (χ2n) is 4.25. The van der Waals surface area contributed by atoms with Gasteiger partial charge in [-0.15, -0.1) is 0 Å². The van der Waals surface area contributed by atoms with Crippen LogP contribution in [0.5, 0.6) is 5.75 Å². The van der Waals surface area contributed by atoms with E-state index < -0.39 is 0 Å². The summed E-state index contributed by atoms with van der Waals surface area (Å²) in [6.07, 6.45) is 2.24. The Morgan fingerprint density at radius 2 is 2.00 bits per heavy atom. The quantitative estimate of drug-likeness (QED) is 0.756. The number of allylic oxidation sites excluding steroid dienone is 1. The Morgan fingerprint density at radius 3 is 2.59 bits per heavy atom. The minimum absolute atomic E-state index is 0.229. The predicted molar refractivity (Wildman–Crippen MR) is 73.5 cm³/mol. The Hall–Kier alpha value is -1.28. The number of rotatable bonds is 6. The van der Waals surface area contributed by atoms with Crippen molar-refractivity contribution in [2.45, 2.75) is 33.7 Å². The number of ether oxygens (including phenoxy) is 1. The minimum Gasteiger partial charge on any atom is -0.494 e. The van der Waals surface area contributed by atoms with Crippen LogP contribution in [0, 0.1) is 0 Å². The molecule has 2 nitrogen and oxygen atoms in total. The zero-order chi connectivity index (χ0) is 12.7. The van der Waals surface area contributed by atoms with Crippen molar-refractivity contribution in [3.63, 3.8) is 0 Å². The van der Waals surface area contributed by atoms with E-state index in [0.29, 0.717) is 6.61 Å². The van der Waals surface area contributed by atoms with Crippen LogP contribution < -0.4 is 10.1 Å². The van der Waals surface area contributed by atoms with Crippen LogP contribution in [-0.4, -0.2) is 13.2 Å². The molecule has 0 saturated carbocycles. The molecule has 0 aliphatic heterocycles. The maximum atomic E-state index is 5.68. The molecular formula is C15H23NO. The third-order valence-electron chi connectivity index (χ3n) is 2.48. The molecule has 1 N–H and O–H groups in total. The Bertz CT molecular complexity index is 367. The molecule has 1 aromatic rings. The van der Waals surface area contributed by atoms with E-state index in [9.17, 15) is 0 Å². The molecule has 0 heterocycles. The molecule has 1 atom stereocenters. The van der Waals surface area contributed by atoms with E-state index in [0.717, 1.165) is 12.3 Å². The Kier molecular flexibility index (Phi) is 5.78. The average molecular weight is 233 g/mol. The summed E-state index contributed by atoms with van der Waals surface area (Å²) in [5.74, 6) is 0.971. The summed E-state index contributed by atoms with van der Waals surface area (Å²) in [5.41, 5.74) is 2.51. The van der Waals surface area contributed by atoms with Gasteiger partial charge in [0.05, 0.1) is 12.6 Å². The van der Waals surface area contributed by atoms with Gasteiger partial charge in [0.2, 0.25) is 0 Å². The highest BCUT2D eigenvalue weighted by atomic mass is 16.5. The van der Waals surface area contributed by atoms with Crippen LogP contribution in [-0.2, 0) is 0 Å². The molecule has 17 heavy (non-hydrogen) atoms. The number of hydrogen-bond donors (Lipinski definition) is 1. The number of para-hydroxylation sites is 1. The second-order valence-corrected chi connectivity index (χ2v) is 4.25. The summed E-state index contributed by atoms with van der Waals surface area (Å²) in [4.78, 5) is 0. The SMILES string of the molecule is CCNC(C=C(C)C)c1ccccc1OCC. The van der Waals surface area contributed by atoms with E-state index in [1.165, 1.54) is 11.1 Å². The van der Waals surface area contributed by atoms with Gasteiger partial charge in [-0.1, -0.05) is 36.8 Å². The van der Waals surface area contributed by atoms with Crippen LogP contribution in [0.4, 0.5) is 0 Å². The first-order valence-electron chi connectivity index (χ1n) is 6.29. The standard InChI is InChI=1S/C15H23NO/c1-5-16-14(11-12(3)4)13-9-7-8-10-15(13)17-6-2/h7-11,14,16H,5-6H2,1-4H3. The molecule has 0 saturated heterocycles. The molecule has 0 aromatic heterocycles. The van der Waals surface area contributed by atoms with E-state index in [1.807, 2.05) is 19.1 Å². The molecule has 0 bridgehead atoms. The van der Waals surface area contributed by atoms with Crippen molar-refractivity contribution >= 4 is 0 Å². The van der Waals surface area contributed by atoms with Crippen LogP contribution in [0.3, 0.4) is 0 Å². The fourth-order valence-corrected chi connectivity index (χ4v) is 1.84. The Balaban J connectivity index is 3.04. The number of likely N-dealkylation sites (N-methyl/N-ethyl adjacent to an activating group) is 1. The van der Waals surface area contributed by atoms with Gasteiger partial charge in [-0.2, -0.15) is 0 Å². The van der Waals surface area contributed by atoms with Crippen LogP contribution in [0.15, 0.2) is 35.9 Å². The second kappa shape index (κ2) is 7.13. The first kappa shape index (κ1) is 13.8. The molecule has 1 aromatic carbocycles. The van der Waals surface area contributed by atoms with E-state index in [1.54, 1.807) is 0 Å². The first-order valence-corrected chi connectivity index (χ1v) is 6.29. The summed E-state index contributed by atoms with van der Waals surface area (Å²) in [7, 11) is 0. The Labute approximate surface area is 105 Å². The maximum absolute atomic E-state index is 5.68. The van der Waals surface area contributed by atoms with Gasteiger partial charge in [0.15, 0.2) is 0 Å².